The molecule has 1 fully saturated rings. The van der Waals surface area contributed by atoms with E-state index in [-0.39, 0.29) is 12.1 Å². The summed E-state index contributed by atoms with van der Waals surface area (Å²) in [6, 6.07) is 7.40. The number of hydrogen-bond acceptors (Lipinski definition) is 3. The van der Waals surface area contributed by atoms with Gasteiger partial charge < -0.3 is 15.5 Å². The van der Waals surface area contributed by atoms with Gasteiger partial charge in [-0.2, -0.15) is 13.2 Å². The lowest BCUT2D eigenvalue weighted by atomic mass is 10.1. The normalized spacial score (nSPS) is 15.2. The Hall–Kier alpha value is -2.19. The van der Waals surface area contributed by atoms with E-state index in [0.29, 0.717) is 54.8 Å². The predicted octanol–water partition coefficient (Wildman–Crippen LogP) is 4.92. The maximum absolute atomic E-state index is 12.6. The molecule has 2 aromatic rings. The van der Waals surface area contributed by atoms with Gasteiger partial charge in [0.1, 0.15) is 5.82 Å². The maximum Gasteiger partial charge on any atom is 0.417 e. The summed E-state index contributed by atoms with van der Waals surface area (Å²) in [5, 5.41) is 6.87. The smallest absolute Gasteiger partial charge is 0.356 e. The Balaban J connectivity index is 1.40. The highest BCUT2D eigenvalue weighted by atomic mass is 35.5. The van der Waals surface area contributed by atoms with Crippen molar-refractivity contribution in [3.8, 4) is 0 Å². The molecule has 1 aliphatic heterocycles. The van der Waals surface area contributed by atoms with Gasteiger partial charge >= 0.3 is 12.2 Å². The van der Waals surface area contributed by atoms with Crippen LogP contribution in [0.3, 0.4) is 0 Å². The third-order valence-corrected chi connectivity index (χ3v) is 5.51. The molecular formula is C20H21Cl2F3N4O. The molecule has 30 heavy (non-hydrogen) atoms. The number of aromatic nitrogens is 1. The zero-order chi connectivity index (χ0) is 21.7. The number of urea groups is 1. The fourth-order valence-corrected chi connectivity index (χ4v) is 3.77. The Kier molecular flexibility index (Phi) is 7.31. The molecule has 5 nitrogen and oxygen atoms in total. The number of alkyl halides is 3. The summed E-state index contributed by atoms with van der Waals surface area (Å²) in [6.45, 7) is 1.63. The van der Waals surface area contributed by atoms with Gasteiger partial charge in [-0.25, -0.2) is 9.78 Å². The summed E-state index contributed by atoms with van der Waals surface area (Å²) in [5.41, 5.74) is 0.137. The van der Waals surface area contributed by atoms with Gasteiger partial charge in [0, 0.05) is 41.9 Å². The summed E-state index contributed by atoms with van der Waals surface area (Å²) in [6.07, 6.45) is -1.60. The van der Waals surface area contributed by atoms with Gasteiger partial charge in [0.15, 0.2) is 0 Å². The third-order valence-electron chi connectivity index (χ3n) is 4.92. The van der Waals surface area contributed by atoms with Crippen LogP contribution in [0.25, 0.3) is 0 Å². The number of hydrogen-bond donors (Lipinski definition) is 2. The van der Waals surface area contributed by atoms with Crippen LogP contribution >= 0.6 is 23.2 Å². The molecule has 1 aromatic heterocycles. The number of nitrogens with zero attached hydrogens (tertiary/aromatic N) is 2. The molecule has 2 amide bonds. The van der Waals surface area contributed by atoms with Crippen molar-refractivity contribution in [1.29, 1.82) is 0 Å². The maximum atomic E-state index is 12.6. The summed E-state index contributed by atoms with van der Waals surface area (Å²) in [5.74, 6) is 0.505. The SMILES string of the molecule is O=C(NCCc1ccc(Cl)cc1Cl)NC1CCN(c2ccc(C(F)(F)F)cn2)CC1. The molecule has 0 aliphatic carbocycles. The van der Waals surface area contributed by atoms with Crippen LogP contribution < -0.4 is 15.5 Å². The number of carbonyl (C=O) groups excluding carboxylic acids is 1. The topological polar surface area (TPSA) is 57.3 Å². The quantitative estimate of drug-likeness (QED) is 0.665. The van der Waals surface area contributed by atoms with E-state index < -0.39 is 11.7 Å². The monoisotopic (exact) mass is 460 g/mol. The van der Waals surface area contributed by atoms with E-state index in [1.54, 1.807) is 12.1 Å². The molecule has 10 heteroatoms. The number of anilines is 1. The standard InChI is InChI=1S/C20H21Cl2F3N4O/c21-15-3-1-13(17(22)11-15)5-8-26-19(30)28-16-6-9-29(10-7-16)18-4-2-14(12-27-18)20(23,24)25/h1-4,11-12,16H,5-10H2,(H2,26,28,30). The molecule has 2 heterocycles. The van der Waals surface area contributed by atoms with Crippen LogP contribution in [0.2, 0.25) is 10.0 Å². The highest BCUT2D eigenvalue weighted by molar-refractivity contribution is 6.35. The van der Waals surface area contributed by atoms with Crippen LogP contribution in [0.4, 0.5) is 23.8 Å². The van der Waals surface area contributed by atoms with Crippen molar-refractivity contribution in [1.82, 2.24) is 15.6 Å². The highest BCUT2D eigenvalue weighted by Crippen LogP contribution is 2.29. The predicted molar refractivity (Wildman–Crippen MR) is 111 cm³/mol. The lowest BCUT2D eigenvalue weighted by Gasteiger charge is -2.33. The summed E-state index contributed by atoms with van der Waals surface area (Å²) >= 11 is 12.0. The van der Waals surface area contributed by atoms with Crippen LogP contribution in [-0.4, -0.2) is 36.7 Å². The Labute approximate surface area is 182 Å². The molecule has 0 unspecified atom stereocenters. The van der Waals surface area contributed by atoms with E-state index >= 15 is 0 Å². The number of pyridine rings is 1. The molecule has 0 atom stereocenters. The molecule has 3 rings (SSSR count). The lowest BCUT2D eigenvalue weighted by molar-refractivity contribution is -0.137. The van der Waals surface area contributed by atoms with Crippen LogP contribution in [-0.2, 0) is 12.6 Å². The lowest BCUT2D eigenvalue weighted by Crippen LogP contribution is -2.48. The number of benzene rings is 1. The second-order valence-corrected chi connectivity index (χ2v) is 7.89. The number of rotatable bonds is 5. The minimum Gasteiger partial charge on any atom is -0.356 e. The van der Waals surface area contributed by atoms with Crippen molar-refractivity contribution in [2.75, 3.05) is 24.5 Å². The average Bonchev–Trinajstić information content (AvgIpc) is 2.70. The molecule has 1 saturated heterocycles. The van der Waals surface area contributed by atoms with Crippen molar-refractivity contribution in [3.63, 3.8) is 0 Å². The molecule has 0 radical (unpaired) electrons. The highest BCUT2D eigenvalue weighted by Gasteiger charge is 2.31. The molecule has 0 saturated carbocycles. The van der Waals surface area contributed by atoms with Crippen LogP contribution in [0.1, 0.15) is 24.0 Å². The first-order valence-corrected chi connectivity index (χ1v) is 10.2. The number of piperidine rings is 1. The van der Waals surface area contributed by atoms with Gasteiger partial charge in [-0.1, -0.05) is 29.3 Å². The molecule has 1 aromatic carbocycles. The molecule has 2 N–H and O–H groups in total. The molecule has 162 valence electrons. The second kappa shape index (κ2) is 9.75. The van der Waals surface area contributed by atoms with Crippen molar-refractivity contribution >= 4 is 35.1 Å². The summed E-state index contributed by atoms with van der Waals surface area (Å²) in [7, 11) is 0. The van der Waals surface area contributed by atoms with Crippen molar-refractivity contribution in [3.05, 3.63) is 57.7 Å². The fraction of sp³-hybridized carbons (Fsp3) is 0.400. The average molecular weight is 461 g/mol. The van der Waals surface area contributed by atoms with E-state index in [4.69, 9.17) is 23.2 Å². The zero-order valence-corrected chi connectivity index (χ0v) is 17.5. The van der Waals surface area contributed by atoms with Crippen LogP contribution in [0.5, 0.6) is 0 Å². The van der Waals surface area contributed by atoms with Crippen molar-refractivity contribution in [2.45, 2.75) is 31.5 Å². The van der Waals surface area contributed by atoms with Crippen LogP contribution in [0.15, 0.2) is 36.5 Å². The van der Waals surface area contributed by atoms with Crippen LogP contribution in [0, 0.1) is 0 Å². The molecule has 1 aliphatic rings. The van der Waals surface area contributed by atoms with Gasteiger partial charge in [-0.3, -0.25) is 0 Å². The molecular weight excluding hydrogens is 440 g/mol. The Morgan fingerprint density at radius 1 is 1.17 bits per heavy atom. The number of halogens is 5. The third kappa shape index (κ3) is 6.15. The van der Waals surface area contributed by atoms with E-state index in [0.717, 1.165) is 17.8 Å². The van der Waals surface area contributed by atoms with Crippen molar-refractivity contribution < 1.29 is 18.0 Å². The Morgan fingerprint density at radius 2 is 1.90 bits per heavy atom. The zero-order valence-electron chi connectivity index (χ0n) is 16.0. The Morgan fingerprint density at radius 3 is 2.50 bits per heavy atom. The van der Waals surface area contributed by atoms with E-state index in [1.807, 2.05) is 11.0 Å². The van der Waals surface area contributed by atoms with Crippen molar-refractivity contribution in [2.24, 2.45) is 0 Å². The first-order chi connectivity index (χ1) is 14.2. The number of carbonyl (C=O) groups is 1. The minimum absolute atomic E-state index is 0.00480. The van der Waals surface area contributed by atoms with E-state index in [9.17, 15) is 18.0 Å². The number of nitrogens with one attached hydrogen (secondary N) is 2. The van der Waals surface area contributed by atoms with Gasteiger partial charge in [0.05, 0.1) is 5.56 Å². The second-order valence-electron chi connectivity index (χ2n) is 7.05. The largest absolute Gasteiger partial charge is 0.417 e. The Bertz CT molecular complexity index is 869. The van der Waals surface area contributed by atoms with Gasteiger partial charge in [0.25, 0.3) is 0 Å². The fourth-order valence-electron chi connectivity index (χ4n) is 3.27. The first-order valence-electron chi connectivity index (χ1n) is 9.49. The minimum atomic E-state index is -4.39. The van der Waals surface area contributed by atoms with Gasteiger partial charge in [-0.15, -0.1) is 0 Å². The summed E-state index contributed by atoms with van der Waals surface area (Å²) < 4.78 is 37.9. The number of amides is 2. The van der Waals surface area contributed by atoms with Gasteiger partial charge in [-0.05, 0) is 49.1 Å². The summed E-state index contributed by atoms with van der Waals surface area (Å²) in [4.78, 5) is 18.0. The van der Waals surface area contributed by atoms with E-state index in [2.05, 4.69) is 15.6 Å². The molecule has 0 spiro atoms. The molecule has 0 bridgehead atoms. The van der Waals surface area contributed by atoms with E-state index in [1.165, 1.54) is 6.07 Å². The first kappa shape index (κ1) is 22.5. The van der Waals surface area contributed by atoms with Gasteiger partial charge in [0.2, 0.25) is 0 Å².